The SMILES string of the molecule is O=C(c1ccc([C@H]2C[C@@H]2c2cc(-c3c[nH]c(=O)[nH]c3=O)nn3ccnc23)cc1)N1CC(F)(F)C(F)(F)C1. The van der Waals surface area contributed by atoms with E-state index in [1.54, 1.807) is 35.1 Å². The summed E-state index contributed by atoms with van der Waals surface area (Å²) in [5, 5.41) is 4.42. The average Bonchev–Trinajstić information content (AvgIpc) is 3.43. The first kappa shape index (κ1) is 23.1. The minimum Gasteiger partial charge on any atom is -0.326 e. The number of rotatable bonds is 4. The first-order valence-corrected chi connectivity index (χ1v) is 11.4. The van der Waals surface area contributed by atoms with Crippen molar-refractivity contribution >= 4 is 11.6 Å². The van der Waals surface area contributed by atoms with Crippen LogP contribution in [0.1, 0.15) is 39.7 Å². The van der Waals surface area contributed by atoms with Gasteiger partial charge in [-0.3, -0.25) is 14.6 Å². The van der Waals surface area contributed by atoms with Crippen LogP contribution in [0.4, 0.5) is 17.6 Å². The molecule has 1 aromatic carbocycles. The summed E-state index contributed by atoms with van der Waals surface area (Å²) >= 11 is 0. The van der Waals surface area contributed by atoms with Crippen LogP contribution in [0.15, 0.2) is 58.5 Å². The summed E-state index contributed by atoms with van der Waals surface area (Å²) < 4.78 is 55.6. The number of hydrogen-bond donors (Lipinski definition) is 2. The van der Waals surface area contributed by atoms with Gasteiger partial charge in [-0.1, -0.05) is 12.1 Å². The summed E-state index contributed by atoms with van der Waals surface area (Å²) in [6, 6.07) is 8.01. The zero-order valence-electron chi connectivity index (χ0n) is 18.9. The lowest BCUT2D eigenvalue weighted by atomic mass is 10.0. The number of alkyl halides is 4. The van der Waals surface area contributed by atoms with E-state index >= 15 is 0 Å². The standard InChI is InChI=1S/C24H18F4N6O3/c25-23(26)10-33(11-24(23,27)28)21(36)13-3-1-12(2-4-13)14-7-15(14)16-8-18(32-34-6-5-29-19(16)34)17-9-30-22(37)31-20(17)35/h1-6,8-9,14-15H,7,10-11H2,(H2,30,31,35,37)/t14-,15+/m1/s1. The van der Waals surface area contributed by atoms with Crippen molar-refractivity contribution in [2.24, 2.45) is 0 Å². The molecule has 4 heterocycles. The number of aromatic nitrogens is 5. The van der Waals surface area contributed by atoms with E-state index in [0.29, 0.717) is 16.2 Å². The third-order valence-corrected chi connectivity index (χ3v) is 6.86. The van der Waals surface area contributed by atoms with Crippen molar-refractivity contribution in [1.82, 2.24) is 29.5 Å². The number of carbonyl (C=O) groups is 1. The van der Waals surface area contributed by atoms with E-state index in [1.807, 2.05) is 0 Å². The Balaban J connectivity index is 1.25. The Morgan fingerprint density at radius 3 is 2.41 bits per heavy atom. The molecule has 1 aliphatic carbocycles. The molecule has 0 bridgehead atoms. The molecule has 1 amide bonds. The molecular weight excluding hydrogens is 496 g/mol. The van der Waals surface area contributed by atoms with Gasteiger partial charge in [0.05, 0.1) is 24.3 Å². The van der Waals surface area contributed by atoms with Gasteiger partial charge in [0.1, 0.15) is 0 Å². The predicted molar refractivity (Wildman–Crippen MR) is 122 cm³/mol. The van der Waals surface area contributed by atoms with Crippen LogP contribution in [0.3, 0.4) is 0 Å². The molecule has 4 aromatic rings. The number of hydrogen-bond acceptors (Lipinski definition) is 5. The van der Waals surface area contributed by atoms with Crippen molar-refractivity contribution < 1.29 is 22.4 Å². The molecule has 0 radical (unpaired) electrons. The van der Waals surface area contributed by atoms with Crippen molar-refractivity contribution in [2.45, 2.75) is 30.1 Å². The van der Waals surface area contributed by atoms with E-state index in [-0.39, 0.29) is 23.0 Å². The van der Waals surface area contributed by atoms with Crippen molar-refractivity contribution in [2.75, 3.05) is 13.1 Å². The minimum absolute atomic E-state index is 0.0195. The molecule has 37 heavy (non-hydrogen) atoms. The van der Waals surface area contributed by atoms with Crippen molar-refractivity contribution in [1.29, 1.82) is 0 Å². The van der Waals surface area contributed by atoms with Gasteiger partial charge in [0.2, 0.25) is 0 Å². The lowest BCUT2D eigenvalue weighted by molar-refractivity contribution is -0.172. The molecule has 3 aromatic heterocycles. The van der Waals surface area contributed by atoms with Gasteiger partial charge in [-0.15, -0.1) is 0 Å². The molecule has 13 heteroatoms. The molecule has 190 valence electrons. The topological polar surface area (TPSA) is 116 Å². The fourth-order valence-corrected chi connectivity index (χ4v) is 4.82. The van der Waals surface area contributed by atoms with Gasteiger partial charge in [-0.2, -0.15) is 22.7 Å². The van der Waals surface area contributed by atoms with Crippen LogP contribution in [0.25, 0.3) is 16.9 Å². The number of H-pyrrole nitrogens is 2. The maximum atomic E-state index is 13.5. The van der Waals surface area contributed by atoms with Crippen molar-refractivity contribution in [3.8, 4) is 11.3 Å². The van der Waals surface area contributed by atoms with Crippen LogP contribution in [-0.2, 0) is 0 Å². The van der Waals surface area contributed by atoms with Gasteiger partial charge in [0.25, 0.3) is 11.5 Å². The van der Waals surface area contributed by atoms with Crippen LogP contribution >= 0.6 is 0 Å². The van der Waals surface area contributed by atoms with Crippen LogP contribution in [0.2, 0.25) is 0 Å². The zero-order valence-corrected chi connectivity index (χ0v) is 18.9. The maximum absolute atomic E-state index is 13.5. The molecule has 9 nitrogen and oxygen atoms in total. The molecule has 1 saturated carbocycles. The Hall–Kier alpha value is -4.29. The van der Waals surface area contributed by atoms with Crippen molar-refractivity contribution in [3.63, 3.8) is 0 Å². The highest BCUT2D eigenvalue weighted by Crippen LogP contribution is 2.55. The van der Waals surface area contributed by atoms with Gasteiger partial charge in [0, 0.05) is 29.7 Å². The number of aromatic amines is 2. The fraction of sp³-hybridized carbons (Fsp3) is 0.292. The van der Waals surface area contributed by atoms with Crippen LogP contribution in [0.5, 0.6) is 0 Å². The van der Waals surface area contributed by atoms with E-state index in [2.05, 4.69) is 20.1 Å². The smallest absolute Gasteiger partial charge is 0.326 e. The van der Waals surface area contributed by atoms with Crippen LogP contribution in [0, 0.1) is 0 Å². The first-order valence-electron chi connectivity index (χ1n) is 11.4. The second-order valence-electron chi connectivity index (χ2n) is 9.31. The molecule has 2 N–H and O–H groups in total. The predicted octanol–water partition coefficient (Wildman–Crippen LogP) is 2.77. The monoisotopic (exact) mass is 514 g/mol. The summed E-state index contributed by atoms with van der Waals surface area (Å²) in [5.74, 6) is -9.32. The average molecular weight is 514 g/mol. The van der Waals surface area contributed by atoms with Gasteiger partial charge in [-0.05, 0) is 42.0 Å². The number of fused-ring (bicyclic) bond motifs is 1. The number of carbonyl (C=O) groups excluding carboxylic acids is 1. The van der Waals surface area contributed by atoms with E-state index in [0.717, 1.165) is 17.5 Å². The summed E-state index contributed by atoms with van der Waals surface area (Å²) in [6.45, 7) is -2.65. The van der Waals surface area contributed by atoms with E-state index in [1.165, 1.54) is 18.3 Å². The molecule has 1 saturated heterocycles. The van der Waals surface area contributed by atoms with Gasteiger partial charge < -0.3 is 9.88 Å². The van der Waals surface area contributed by atoms with Crippen LogP contribution < -0.4 is 11.2 Å². The largest absolute Gasteiger partial charge is 0.329 e. The third-order valence-electron chi connectivity index (χ3n) is 6.86. The van der Waals surface area contributed by atoms with Gasteiger partial charge in [-0.25, -0.2) is 14.3 Å². The lowest BCUT2D eigenvalue weighted by Gasteiger charge is -2.15. The van der Waals surface area contributed by atoms with E-state index in [4.69, 9.17) is 0 Å². The van der Waals surface area contributed by atoms with E-state index < -0.39 is 42.1 Å². The molecule has 0 unspecified atom stereocenters. The third kappa shape index (κ3) is 3.81. The minimum atomic E-state index is -4.26. The maximum Gasteiger partial charge on any atom is 0.329 e. The van der Waals surface area contributed by atoms with Crippen LogP contribution in [-0.4, -0.2) is 60.3 Å². The summed E-state index contributed by atoms with van der Waals surface area (Å²) in [4.78, 5) is 45.7. The molecule has 2 aliphatic rings. The number of likely N-dealkylation sites (tertiary alicyclic amines) is 1. The second-order valence-corrected chi connectivity index (χ2v) is 9.31. The number of amides is 1. The molecular formula is C24H18F4N6O3. The Bertz CT molecular complexity index is 1640. The lowest BCUT2D eigenvalue weighted by Crippen LogP contribution is -2.38. The van der Waals surface area contributed by atoms with Crippen molar-refractivity contribution in [3.05, 3.63) is 86.5 Å². The Kier molecular flexibility index (Phi) is 4.91. The summed E-state index contributed by atoms with van der Waals surface area (Å²) in [5.41, 5.74) is 1.71. The number of halogens is 4. The normalized spacial score (nSPS) is 21.9. The van der Waals surface area contributed by atoms with Gasteiger partial charge >= 0.3 is 17.5 Å². The zero-order chi connectivity index (χ0) is 26.1. The molecule has 6 rings (SSSR count). The highest BCUT2D eigenvalue weighted by atomic mass is 19.3. The summed E-state index contributed by atoms with van der Waals surface area (Å²) in [6.07, 6.45) is 5.26. The highest BCUT2D eigenvalue weighted by molar-refractivity contribution is 5.94. The van der Waals surface area contributed by atoms with E-state index in [9.17, 15) is 31.9 Å². The number of nitrogens with zero attached hydrogens (tertiary/aromatic N) is 4. The Morgan fingerprint density at radius 2 is 1.73 bits per heavy atom. The second kappa shape index (κ2) is 7.85. The quantitative estimate of drug-likeness (QED) is 0.407. The Labute approximate surface area is 204 Å². The molecule has 1 aliphatic heterocycles. The first-order chi connectivity index (χ1) is 17.5. The molecule has 0 spiro atoms. The molecule has 2 atom stereocenters. The fourth-order valence-electron chi connectivity index (χ4n) is 4.82. The Morgan fingerprint density at radius 1 is 1.03 bits per heavy atom. The number of nitrogens with one attached hydrogen (secondary N) is 2. The van der Waals surface area contributed by atoms with Gasteiger partial charge in [0.15, 0.2) is 5.65 Å². The number of imidazole rings is 1. The number of benzene rings is 1. The summed E-state index contributed by atoms with van der Waals surface area (Å²) in [7, 11) is 0. The molecule has 2 fully saturated rings. The highest BCUT2D eigenvalue weighted by Gasteiger charge is 2.63.